The fourth-order valence-corrected chi connectivity index (χ4v) is 4.53. The molecule has 0 saturated carbocycles. The van der Waals surface area contributed by atoms with Gasteiger partial charge in [0.05, 0.1) is 22.5 Å². The van der Waals surface area contributed by atoms with Crippen molar-refractivity contribution in [2.45, 2.75) is 30.6 Å². The molecule has 2 amide bonds. The SMILES string of the molecule is O=CN(CC(=O)NCC(F)(F)F)c1ccc(C=CC2=NOC(c3cc(Cl)cc(C(F)(F)F)c3)(C(F)(F)F)C2)n2cccc12. The van der Waals surface area contributed by atoms with Crippen LogP contribution in [0, 0.1) is 0 Å². The largest absolute Gasteiger partial charge is 0.435 e. The molecule has 0 saturated heterocycles. The second-order valence-corrected chi connectivity index (χ2v) is 9.70. The minimum Gasteiger partial charge on any atom is -0.374 e. The van der Waals surface area contributed by atoms with Crippen molar-refractivity contribution >= 4 is 46.9 Å². The Morgan fingerprint density at radius 2 is 1.79 bits per heavy atom. The summed E-state index contributed by atoms with van der Waals surface area (Å²) in [5, 5.41) is 4.53. The number of alkyl halides is 9. The van der Waals surface area contributed by atoms with E-state index in [1.807, 2.05) is 0 Å². The minimum atomic E-state index is -5.19. The van der Waals surface area contributed by atoms with Crippen molar-refractivity contribution in [3.05, 3.63) is 76.6 Å². The van der Waals surface area contributed by atoms with Crippen LogP contribution in [0.3, 0.4) is 0 Å². The van der Waals surface area contributed by atoms with E-state index in [0.29, 0.717) is 23.3 Å². The third-order valence-corrected chi connectivity index (χ3v) is 6.50. The van der Waals surface area contributed by atoms with Crippen molar-refractivity contribution in [1.29, 1.82) is 0 Å². The molecule has 3 heterocycles. The Morgan fingerprint density at radius 3 is 2.42 bits per heavy atom. The molecule has 0 fully saturated rings. The van der Waals surface area contributed by atoms with Gasteiger partial charge in [-0.15, -0.1) is 0 Å². The number of anilines is 1. The Balaban J connectivity index is 1.59. The molecule has 0 spiro atoms. The lowest BCUT2D eigenvalue weighted by atomic mass is 9.87. The first-order valence-electron chi connectivity index (χ1n) is 12.0. The monoisotopic (exact) mass is 640 g/mol. The smallest absolute Gasteiger partial charge is 0.374 e. The number of nitrogens with one attached hydrogen (secondary N) is 1. The first kappa shape index (κ1) is 31.7. The number of hydrogen-bond acceptors (Lipinski definition) is 4. The fourth-order valence-electron chi connectivity index (χ4n) is 4.30. The summed E-state index contributed by atoms with van der Waals surface area (Å²) >= 11 is 5.71. The number of carbonyl (C=O) groups is 2. The number of benzene rings is 1. The lowest BCUT2D eigenvalue weighted by molar-refractivity contribution is -0.276. The van der Waals surface area contributed by atoms with Crippen molar-refractivity contribution in [2.75, 3.05) is 18.0 Å². The molecule has 1 aliphatic heterocycles. The number of pyridine rings is 1. The predicted molar refractivity (Wildman–Crippen MR) is 136 cm³/mol. The van der Waals surface area contributed by atoms with Gasteiger partial charge in [-0.25, -0.2) is 0 Å². The summed E-state index contributed by atoms with van der Waals surface area (Å²) in [5.74, 6) is -1.08. The molecule has 0 radical (unpaired) electrons. The molecule has 2 aromatic heterocycles. The zero-order valence-electron chi connectivity index (χ0n) is 21.3. The fraction of sp³-hybridized carbons (Fsp3) is 0.269. The number of fused-ring (bicyclic) bond motifs is 1. The topological polar surface area (TPSA) is 75.4 Å². The van der Waals surface area contributed by atoms with Crippen LogP contribution < -0.4 is 10.2 Å². The summed E-state index contributed by atoms with van der Waals surface area (Å²) in [6.45, 7) is -2.32. The Hall–Kier alpha value is -4.21. The first-order chi connectivity index (χ1) is 19.9. The molecule has 0 aliphatic carbocycles. The van der Waals surface area contributed by atoms with Crippen molar-refractivity contribution in [2.24, 2.45) is 5.16 Å². The Bertz CT molecular complexity index is 1600. The molecule has 1 aromatic carbocycles. The second-order valence-electron chi connectivity index (χ2n) is 9.27. The Morgan fingerprint density at radius 1 is 1.07 bits per heavy atom. The molecule has 43 heavy (non-hydrogen) atoms. The van der Waals surface area contributed by atoms with Gasteiger partial charge in [-0.1, -0.05) is 16.8 Å². The van der Waals surface area contributed by atoms with Crippen molar-refractivity contribution in [3.8, 4) is 0 Å². The maximum Gasteiger partial charge on any atom is 0.435 e. The summed E-state index contributed by atoms with van der Waals surface area (Å²) in [6.07, 6.45) is -11.6. The average molecular weight is 641 g/mol. The van der Waals surface area contributed by atoms with Gasteiger partial charge in [-0.3, -0.25) is 9.59 Å². The summed E-state index contributed by atoms with van der Waals surface area (Å²) in [5.41, 5.74) is -5.04. The summed E-state index contributed by atoms with van der Waals surface area (Å²) < 4.78 is 121. The summed E-state index contributed by atoms with van der Waals surface area (Å²) in [7, 11) is 0. The van der Waals surface area contributed by atoms with E-state index in [-0.39, 0.29) is 17.8 Å². The van der Waals surface area contributed by atoms with Crippen LogP contribution in [0.5, 0.6) is 0 Å². The maximum absolute atomic E-state index is 14.2. The molecule has 1 unspecified atom stereocenters. The van der Waals surface area contributed by atoms with E-state index in [4.69, 9.17) is 16.4 Å². The van der Waals surface area contributed by atoms with E-state index in [1.165, 1.54) is 40.9 Å². The van der Waals surface area contributed by atoms with Gasteiger partial charge in [0.15, 0.2) is 0 Å². The van der Waals surface area contributed by atoms with E-state index in [0.717, 1.165) is 17.0 Å². The highest BCUT2D eigenvalue weighted by Gasteiger charge is 2.62. The van der Waals surface area contributed by atoms with E-state index < -0.39 is 65.7 Å². The lowest BCUT2D eigenvalue weighted by Crippen LogP contribution is -2.42. The third-order valence-electron chi connectivity index (χ3n) is 6.28. The molecular formula is C26H18ClF9N4O3. The van der Waals surface area contributed by atoms with Gasteiger partial charge in [0.25, 0.3) is 5.60 Å². The van der Waals surface area contributed by atoms with E-state index in [2.05, 4.69) is 5.16 Å². The van der Waals surface area contributed by atoms with Crippen LogP contribution in [-0.2, 0) is 26.2 Å². The molecule has 3 aromatic rings. The molecule has 4 rings (SSSR count). The summed E-state index contributed by atoms with van der Waals surface area (Å²) in [6, 6.07) is 7.31. The van der Waals surface area contributed by atoms with Gasteiger partial charge < -0.3 is 19.5 Å². The standard InChI is InChI=1S/C26H18ClF9N4O3/c27-17-9-15(8-16(10-17)25(31,32)33)23(26(34,35)36)11-18(38-43-23)3-4-19-5-6-20(21-2-1-7-40(19)21)39(14-41)12-22(42)37-13-24(28,29)30/h1-10,14H,11-13H2,(H,37,42). The maximum atomic E-state index is 14.2. The number of amides is 2. The highest BCUT2D eigenvalue weighted by atomic mass is 35.5. The third kappa shape index (κ3) is 6.89. The van der Waals surface area contributed by atoms with Crippen LogP contribution in [0.1, 0.15) is 23.2 Å². The molecule has 1 N–H and O–H groups in total. The zero-order valence-corrected chi connectivity index (χ0v) is 22.1. The van der Waals surface area contributed by atoms with Crippen molar-refractivity contribution in [1.82, 2.24) is 9.72 Å². The number of carbonyl (C=O) groups excluding carboxylic acids is 2. The van der Waals surface area contributed by atoms with Gasteiger partial charge in [-0.2, -0.15) is 39.5 Å². The normalized spacial score (nSPS) is 17.7. The molecule has 17 heteroatoms. The zero-order chi connectivity index (χ0) is 31.8. The van der Waals surface area contributed by atoms with Crippen LogP contribution in [0.25, 0.3) is 11.6 Å². The first-order valence-corrected chi connectivity index (χ1v) is 12.3. The number of rotatable bonds is 8. The van der Waals surface area contributed by atoms with Gasteiger partial charge in [0.1, 0.15) is 13.1 Å². The molecule has 7 nitrogen and oxygen atoms in total. The number of nitrogens with zero attached hydrogens (tertiary/aromatic N) is 3. The van der Waals surface area contributed by atoms with E-state index in [9.17, 15) is 49.1 Å². The number of hydrogen-bond donors (Lipinski definition) is 1. The van der Waals surface area contributed by atoms with Crippen LogP contribution in [0.15, 0.2) is 59.9 Å². The minimum absolute atomic E-state index is 0.137. The van der Waals surface area contributed by atoms with Crippen LogP contribution in [0.4, 0.5) is 45.2 Å². The number of allylic oxidation sites excluding steroid dienone is 1. The van der Waals surface area contributed by atoms with Gasteiger partial charge in [-0.05, 0) is 54.6 Å². The lowest BCUT2D eigenvalue weighted by Gasteiger charge is -2.30. The van der Waals surface area contributed by atoms with Crippen LogP contribution in [-0.4, -0.2) is 47.9 Å². The van der Waals surface area contributed by atoms with Crippen molar-refractivity contribution < 1.29 is 53.9 Å². The number of halogens is 10. The number of oxime groups is 1. The highest BCUT2D eigenvalue weighted by molar-refractivity contribution is 6.30. The molecule has 1 atom stereocenters. The number of aromatic nitrogens is 1. The quantitative estimate of drug-likeness (QED) is 0.226. The highest BCUT2D eigenvalue weighted by Crippen LogP contribution is 2.49. The Kier molecular flexibility index (Phi) is 8.46. The molecule has 0 bridgehead atoms. The van der Waals surface area contributed by atoms with Crippen molar-refractivity contribution in [3.63, 3.8) is 0 Å². The van der Waals surface area contributed by atoms with Crippen LogP contribution in [0.2, 0.25) is 5.02 Å². The van der Waals surface area contributed by atoms with Gasteiger partial charge in [0.2, 0.25) is 12.3 Å². The Labute approximate surface area is 241 Å². The van der Waals surface area contributed by atoms with E-state index in [1.54, 1.807) is 5.32 Å². The molecular weight excluding hydrogens is 623 g/mol. The average Bonchev–Trinajstić information content (AvgIpc) is 3.57. The van der Waals surface area contributed by atoms with Gasteiger partial charge >= 0.3 is 18.5 Å². The van der Waals surface area contributed by atoms with E-state index >= 15 is 0 Å². The van der Waals surface area contributed by atoms with Gasteiger partial charge in [0, 0.05) is 28.9 Å². The second kappa shape index (κ2) is 11.5. The molecule has 1 aliphatic rings. The molecule has 230 valence electrons. The van der Waals surface area contributed by atoms with Crippen LogP contribution >= 0.6 is 11.6 Å². The summed E-state index contributed by atoms with van der Waals surface area (Å²) in [4.78, 5) is 29.2. The predicted octanol–water partition coefficient (Wildman–Crippen LogP) is 6.50.